The van der Waals surface area contributed by atoms with Crippen LogP contribution < -0.4 is 10.6 Å². The quantitative estimate of drug-likeness (QED) is 0.721. The van der Waals surface area contributed by atoms with Crippen molar-refractivity contribution in [2.75, 3.05) is 39.3 Å². The molecule has 2 N–H and O–H groups in total. The minimum atomic E-state index is 0.829. The van der Waals surface area contributed by atoms with E-state index in [1.165, 1.54) is 71.4 Å². The van der Waals surface area contributed by atoms with Gasteiger partial charge in [0.05, 0.1) is 0 Å². The largest absolute Gasteiger partial charge is 0.315 e. The molecule has 3 heteroatoms. The first kappa shape index (κ1) is 11.4. The van der Waals surface area contributed by atoms with Crippen LogP contribution in [0.1, 0.15) is 32.1 Å². The molecule has 0 radical (unpaired) electrons. The number of hydrogen-bond donors (Lipinski definition) is 2. The molecular formula is C12H25N3. The van der Waals surface area contributed by atoms with E-state index in [1.54, 1.807) is 0 Å². The zero-order valence-electron chi connectivity index (χ0n) is 9.80. The van der Waals surface area contributed by atoms with Crippen LogP contribution in [0, 0.1) is 0 Å². The van der Waals surface area contributed by atoms with Gasteiger partial charge in [0, 0.05) is 32.2 Å². The van der Waals surface area contributed by atoms with Crippen LogP contribution in [-0.2, 0) is 0 Å². The van der Waals surface area contributed by atoms with Crippen molar-refractivity contribution in [3.63, 3.8) is 0 Å². The summed E-state index contributed by atoms with van der Waals surface area (Å²) >= 11 is 0. The lowest BCUT2D eigenvalue weighted by molar-refractivity contribution is 0.286. The molecule has 2 aliphatic rings. The molecule has 0 amide bonds. The van der Waals surface area contributed by atoms with Gasteiger partial charge < -0.3 is 15.5 Å². The highest BCUT2D eigenvalue weighted by Crippen LogP contribution is 2.17. The van der Waals surface area contributed by atoms with Gasteiger partial charge in [0.25, 0.3) is 0 Å². The molecule has 1 aliphatic carbocycles. The summed E-state index contributed by atoms with van der Waals surface area (Å²) in [6, 6.07) is 0.829. The second-order valence-electron chi connectivity index (χ2n) is 4.88. The maximum atomic E-state index is 3.69. The van der Waals surface area contributed by atoms with Crippen molar-refractivity contribution in [2.24, 2.45) is 0 Å². The van der Waals surface area contributed by atoms with Gasteiger partial charge >= 0.3 is 0 Å². The van der Waals surface area contributed by atoms with Crippen molar-refractivity contribution in [1.29, 1.82) is 0 Å². The summed E-state index contributed by atoms with van der Waals surface area (Å²) < 4.78 is 0. The molecule has 0 aromatic heterocycles. The van der Waals surface area contributed by atoms with Crippen molar-refractivity contribution < 1.29 is 0 Å². The Bertz CT molecular complexity index is 158. The summed E-state index contributed by atoms with van der Waals surface area (Å²) in [6.07, 6.45) is 6.99. The van der Waals surface area contributed by atoms with Crippen LogP contribution in [0.25, 0.3) is 0 Å². The van der Waals surface area contributed by atoms with Crippen molar-refractivity contribution in [3.8, 4) is 0 Å². The van der Waals surface area contributed by atoms with Crippen LogP contribution in [0.4, 0.5) is 0 Å². The Morgan fingerprint density at radius 1 is 1.07 bits per heavy atom. The van der Waals surface area contributed by atoms with Crippen molar-refractivity contribution >= 4 is 0 Å². The predicted molar refractivity (Wildman–Crippen MR) is 64.2 cm³/mol. The Balaban J connectivity index is 1.55. The lowest BCUT2D eigenvalue weighted by Gasteiger charge is -2.21. The fraction of sp³-hybridized carbons (Fsp3) is 1.00. The first-order valence-corrected chi connectivity index (χ1v) is 6.61. The Kier molecular flexibility index (Phi) is 4.90. The highest BCUT2D eigenvalue weighted by molar-refractivity contribution is 4.74. The van der Waals surface area contributed by atoms with Gasteiger partial charge in [-0.3, -0.25) is 0 Å². The summed E-state index contributed by atoms with van der Waals surface area (Å²) in [5.74, 6) is 0. The zero-order chi connectivity index (χ0) is 10.3. The van der Waals surface area contributed by atoms with Gasteiger partial charge in [-0.25, -0.2) is 0 Å². The first-order chi connectivity index (χ1) is 7.45. The minimum Gasteiger partial charge on any atom is -0.315 e. The van der Waals surface area contributed by atoms with Crippen LogP contribution in [0.15, 0.2) is 0 Å². The van der Waals surface area contributed by atoms with Crippen molar-refractivity contribution in [1.82, 2.24) is 15.5 Å². The molecule has 0 aromatic carbocycles. The van der Waals surface area contributed by atoms with Gasteiger partial charge in [-0.05, 0) is 32.4 Å². The van der Waals surface area contributed by atoms with E-state index in [-0.39, 0.29) is 0 Å². The molecule has 15 heavy (non-hydrogen) atoms. The van der Waals surface area contributed by atoms with E-state index in [0.29, 0.717) is 0 Å². The maximum absolute atomic E-state index is 3.69. The number of rotatable bonds is 4. The number of nitrogens with zero attached hydrogens (tertiary/aromatic N) is 1. The van der Waals surface area contributed by atoms with E-state index in [2.05, 4.69) is 15.5 Å². The molecular weight excluding hydrogens is 186 g/mol. The van der Waals surface area contributed by atoms with Gasteiger partial charge in [-0.2, -0.15) is 0 Å². The Labute approximate surface area is 93.6 Å². The van der Waals surface area contributed by atoms with Crippen LogP contribution in [0.3, 0.4) is 0 Å². The fourth-order valence-corrected chi connectivity index (χ4v) is 2.68. The molecule has 1 aliphatic heterocycles. The van der Waals surface area contributed by atoms with Gasteiger partial charge in [-0.15, -0.1) is 0 Å². The average Bonchev–Trinajstić information content (AvgIpc) is 2.62. The van der Waals surface area contributed by atoms with Gasteiger partial charge in [0.15, 0.2) is 0 Å². The Morgan fingerprint density at radius 2 is 1.93 bits per heavy atom. The molecule has 2 rings (SSSR count). The van der Waals surface area contributed by atoms with Crippen LogP contribution in [-0.4, -0.2) is 50.2 Å². The predicted octanol–water partition coefficient (Wildman–Crippen LogP) is 0.814. The molecule has 1 heterocycles. The summed E-state index contributed by atoms with van der Waals surface area (Å²) in [6.45, 7) is 7.30. The molecule has 0 spiro atoms. The third kappa shape index (κ3) is 4.09. The standard InChI is InChI=1S/C12H25N3/c1-2-5-12(4-1)14-8-11-15-9-3-6-13-7-10-15/h12-14H,1-11H2. The summed E-state index contributed by atoms with van der Waals surface area (Å²) in [7, 11) is 0. The molecule has 88 valence electrons. The van der Waals surface area contributed by atoms with Crippen LogP contribution in [0.5, 0.6) is 0 Å². The molecule has 0 atom stereocenters. The normalized spacial score (nSPS) is 25.6. The van der Waals surface area contributed by atoms with Gasteiger partial charge in [-0.1, -0.05) is 12.8 Å². The van der Waals surface area contributed by atoms with E-state index in [4.69, 9.17) is 0 Å². The van der Waals surface area contributed by atoms with Gasteiger partial charge in [0.2, 0.25) is 0 Å². The highest BCUT2D eigenvalue weighted by Gasteiger charge is 2.14. The Morgan fingerprint density at radius 3 is 2.80 bits per heavy atom. The van der Waals surface area contributed by atoms with Crippen molar-refractivity contribution in [2.45, 2.75) is 38.1 Å². The molecule has 2 fully saturated rings. The molecule has 0 bridgehead atoms. The summed E-state index contributed by atoms with van der Waals surface area (Å²) in [4.78, 5) is 2.59. The van der Waals surface area contributed by atoms with E-state index in [0.717, 1.165) is 6.04 Å². The number of hydrogen-bond acceptors (Lipinski definition) is 3. The second kappa shape index (κ2) is 6.46. The highest BCUT2D eigenvalue weighted by atomic mass is 15.2. The molecule has 0 unspecified atom stereocenters. The second-order valence-corrected chi connectivity index (χ2v) is 4.88. The van der Waals surface area contributed by atoms with E-state index >= 15 is 0 Å². The van der Waals surface area contributed by atoms with E-state index in [9.17, 15) is 0 Å². The Hall–Kier alpha value is -0.120. The van der Waals surface area contributed by atoms with Crippen molar-refractivity contribution in [3.05, 3.63) is 0 Å². The average molecular weight is 211 g/mol. The lowest BCUT2D eigenvalue weighted by atomic mass is 10.2. The summed E-state index contributed by atoms with van der Waals surface area (Å²) in [5.41, 5.74) is 0. The van der Waals surface area contributed by atoms with E-state index < -0.39 is 0 Å². The monoisotopic (exact) mass is 211 g/mol. The van der Waals surface area contributed by atoms with Gasteiger partial charge in [0.1, 0.15) is 0 Å². The van der Waals surface area contributed by atoms with Crippen LogP contribution in [0.2, 0.25) is 0 Å². The lowest BCUT2D eigenvalue weighted by Crippen LogP contribution is -2.37. The molecule has 1 saturated carbocycles. The maximum Gasteiger partial charge on any atom is 0.0107 e. The third-order valence-corrected chi connectivity index (χ3v) is 3.65. The fourth-order valence-electron chi connectivity index (χ4n) is 2.68. The van der Waals surface area contributed by atoms with E-state index in [1.807, 2.05) is 0 Å². The molecule has 1 saturated heterocycles. The van der Waals surface area contributed by atoms with Crippen LogP contribution >= 0.6 is 0 Å². The zero-order valence-corrected chi connectivity index (χ0v) is 9.80. The smallest absolute Gasteiger partial charge is 0.0107 e. The molecule has 0 aromatic rings. The third-order valence-electron chi connectivity index (χ3n) is 3.65. The first-order valence-electron chi connectivity index (χ1n) is 6.61. The molecule has 3 nitrogen and oxygen atoms in total. The minimum absolute atomic E-state index is 0.829. The SMILES string of the molecule is C1CCC(NCCN2CCCNCC2)C1. The summed E-state index contributed by atoms with van der Waals surface area (Å²) in [5, 5.41) is 7.13. The topological polar surface area (TPSA) is 27.3 Å². The number of nitrogens with one attached hydrogen (secondary N) is 2.